The lowest BCUT2D eigenvalue weighted by Gasteiger charge is -2.17. The molecule has 0 saturated carbocycles. The third kappa shape index (κ3) is 2.23. The summed E-state index contributed by atoms with van der Waals surface area (Å²) in [7, 11) is 0. The zero-order valence-corrected chi connectivity index (χ0v) is 14.3. The van der Waals surface area contributed by atoms with Gasteiger partial charge in [0.1, 0.15) is 40.4 Å². The van der Waals surface area contributed by atoms with Crippen LogP contribution in [0.4, 0.5) is 0 Å². The number of phenolic OH excluding ortho intramolecular Hbond substituents is 1. The highest BCUT2D eigenvalue weighted by Crippen LogP contribution is 2.38. The third-order valence-corrected chi connectivity index (χ3v) is 4.67. The van der Waals surface area contributed by atoms with Crippen molar-refractivity contribution in [3.63, 3.8) is 0 Å². The summed E-state index contributed by atoms with van der Waals surface area (Å²) in [4.78, 5) is 25.7. The maximum absolute atomic E-state index is 13.1. The quantitative estimate of drug-likeness (QED) is 0.491. The van der Waals surface area contributed by atoms with Gasteiger partial charge in [-0.05, 0) is 30.3 Å². The predicted molar refractivity (Wildman–Crippen MR) is 101 cm³/mol. The minimum absolute atomic E-state index is 0.0224. The lowest BCUT2D eigenvalue weighted by atomic mass is 9.95. The fraction of sp³-hybridized carbons (Fsp3) is 0.0476. The first-order chi connectivity index (χ1) is 13.5. The fourth-order valence-corrected chi connectivity index (χ4v) is 3.40. The molecule has 4 aromatic rings. The molecule has 5 rings (SSSR count). The molecule has 2 aromatic carbocycles. The van der Waals surface area contributed by atoms with E-state index in [2.05, 4.69) is 0 Å². The van der Waals surface area contributed by atoms with Gasteiger partial charge in [0, 0.05) is 11.6 Å². The van der Waals surface area contributed by atoms with Gasteiger partial charge in [0.2, 0.25) is 5.43 Å². The Morgan fingerprint density at radius 3 is 2.54 bits per heavy atom. The fourth-order valence-electron chi connectivity index (χ4n) is 3.40. The van der Waals surface area contributed by atoms with Crippen LogP contribution in [-0.4, -0.2) is 16.8 Å². The molecule has 3 heterocycles. The molecule has 0 saturated heterocycles. The topological polar surface area (TPSA) is 110 Å². The molecule has 0 radical (unpaired) electrons. The van der Waals surface area contributed by atoms with Crippen molar-refractivity contribution >= 4 is 27.5 Å². The van der Waals surface area contributed by atoms with Crippen LogP contribution in [-0.2, 0) is 0 Å². The summed E-state index contributed by atoms with van der Waals surface area (Å²) in [6, 6.07) is 10.7. The number of aromatic hydroxyl groups is 2. The molecule has 0 aliphatic carbocycles. The Hall–Kier alpha value is -4.00. The van der Waals surface area contributed by atoms with Crippen molar-refractivity contribution in [1.82, 2.24) is 0 Å². The van der Waals surface area contributed by atoms with Gasteiger partial charge in [0.05, 0.1) is 10.8 Å². The van der Waals surface area contributed by atoms with Gasteiger partial charge in [-0.15, -0.1) is 0 Å². The second kappa shape index (κ2) is 5.75. The molecule has 1 aliphatic rings. The van der Waals surface area contributed by atoms with Crippen molar-refractivity contribution in [1.29, 1.82) is 0 Å². The van der Waals surface area contributed by atoms with Crippen molar-refractivity contribution in [2.45, 2.75) is 0 Å². The van der Waals surface area contributed by atoms with E-state index in [0.29, 0.717) is 11.0 Å². The van der Waals surface area contributed by atoms with Crippen LogP contribution in [0.3, 0.4) is 0 Å². The lowest BCUT2D eigenvalue weighted by molar-refractivity contribution is 0.270. The summed E-state index contributed by atoms with van der Waals surface area (Å²) in [5, 5.41) is 20.9. The monoisotopic (exact) mass is 376 g/mol. The second-order valence-electron chi connectivity index (χ2n) is 6.31. The standard InChI is InChI=1S/C21H12O7/c22-10-5-6-12-15(9-10)27-20(25)16(18(12)23)13-7-8-26-21-17(13)19(24)11-3-1-2-4-14(11)28-21/h1-7,9,22-23H,8H2. The molecule has 138 valence electrons. The number of ether oxygens (including phenoxy) is 1. The molecule has 2 N–H and O–H groups in total. The number of phenols is 1. The van der Waals surface area contributed by atoms with Gasteiger partial charge in [0.25, 0.3) is 5.95 Å². The Balaban J connectivity index is 1.84. The van der Waals surface area contributed by atoms with Gasteiger partial charge < -0.3 is 23.8 Å². The largest absolute Gasteiger partial charge is 0.508 e. The molecule has 2 aromatic heterocycles. The molecule has 7 nitrogen and oxygen atoms in total. The van der Waals surface area contributed by atoms with E-state index in [1.165, 1.54) is 24.3 Å². The molecule has 0 fully saturated rings. The normalized spacial score (nSPS) is 13.2. The van der Waals surface area contributed by atoms with Crippen molar-refractivity contribution < 1.29 is 23.8 Å². The number of benzene rings is 2. The first-order valence-corrected chi connectivity index (χ1v) is 8.43. The lowest BCUT2D eigenvalue weighted by Crippen LogP contribution is -2.19. The predicted octanol–water partition coefficient (Wildman–Crippen LogP) is 3.13. The minimum atomic E-state index is -0.845. The zero-order valence-electron chi connectivity index (χ0n) is 14.3. The van der Waals surface area contributed by atoms with Gasteiger partial charge in [-0.25, -0.2) is 4.79 Å². The van der Waals surface area contributed by atoms with Crippen molar-refractivity contribution in [3.05, 3.63) is 80.3 Å². The van der Waals surface area contributed by atoms with E-state index in [0.717, 1.165) is 0 Å². The van der Waals surface area contributed by atoms with Crippen LogP contribution >= 0.6 is 0 Å². The average molecular weight is 376 g/mol. The molecule has 0 unspecified atom stereocenters. The molecule has 7 heteroatoms. The third-order valence-electron chi connectivity index (χ3n) is 4.67. The maximum atomic E-state index is 13.1. The van der Waals surface area contributed by atoms with E-state index in [-0.39, 0.29) is 57.2 Å². The van der Waals surface area contributed by atoms with Gasteiger partial charge in [-0.3, -0.25) is 4.79 Å². The van der Waals surface area contributed by atoms with Gasteiger partial charge in [-0.1, -0.05) is 12.1 Å². The molecule has 0 atom stereocenters. The number of para-hydroxylation sites is 1. The van der Waals surface area contributed by atoms with E-state index >= 15 is 0 Å². The molecule has 0 bridgehead atoms. The highest BCUT2D eigenvalue weighted by Gasteiger charge is 2.28. The Labute approximate surface area is 156 Å². The summed E-state index contributed by atoms with van der Waals surface area (Å²) in [5.74, 6) is -0.478. The summed E-state index contributed by atoms with van der Waals surface area (Å²) >= 11 is 0. The maximum Gasteiger partial charge on any atom is 0.348 e. The summed E-state index contributed by atoms with van der Waals surface area (Å²) in [6.45, 7) is 0.0517. The second-order valence-corrected chi connectivity index (χ2v) is 6.31. The number of rotatable bonds is 1. The zero-order chi connectivity index (χ0) is 19.4. The first-order valence-electron chi connectivity index (χ1n) is 8.43. The summed E-state index contributed by atoms with van der Waals surface area (Å²) in [6.07, 6.45) is 1.52. The van der Waals surface area contributed by atoms with Gasteiger partial charge >= 0.3 is 5.63 Å². The smallest absolute Gasteiger partial charge is 0.348 e. The molecule has 28 heavy (non-hydrogen) atoms. The van der Waals surface area contributed by atoms with Crippen LogP contribution in [0.25, 0.3) is 27.5 Å². The van der Waals surface area contributed by atoms with Crippen LogP contribution in [0.15, 0.2) is 67.0 Å². The van der Waals surface area contributed by atoms with E-state index < -0.39 is 5.63 Å². The molecule has 1 aliphatic heterocycles. The summed E-state index contributed by atoms with van der Waals surface area (Å²) < 4.78 is 16.4. The van der Waals surface area contributed by atoms with E-state index in [1.54, 1.807) is 24.3 Å². The average Bonchev–Trinajstić information content (AvgIpc) is 2.68. The van der Waals surface area contributed by atoms with E-state index in [9.17, 15) is 19.8 Å². The van der Waals surface area contributed by atoms with Crippen LogP contribution in [0.2, 0.25) is 0 Å². The molecular weight excluding hydrogens is 364 g/mol. The Morgan fingerprint density at radius 2 is 1.68 bits per heavy atom. The number of hydrogen-bond donors (Lipinski definition) is 2. The molecular formula is C21H12O7. The van der Waals surface area contributed by atoms with Crippen LogP contribution in [0, 0.1) is 0 Å². The van der Waals surface area contributed by atoms with Crippen LogP contribution < -0.4 is 15.8 Å². The highest BCUT2D eigenvalue weighted by atomic mass is 16.6. The summed E-state index contributed by atoms with van der Waals surface area (Å²) in [5.41, 5.74) is -0.768. The van der Waals surface area contributed by atoms with Crippen molar-refractivity contribution in [2.24, 2.45) is 0 Å². The highest BCUT2D eigenvalue weighted by molar-refractivity contribution is 5.95. The van der Waals surface area contributed by atoms with Crippen molar-refractivity contribution in [3.8, 4) is 17.4 Å². The Bertz CT molecular complexity index is 1420. The first kappa shape index (κ1) is 16.2. The van der Waals surface area contributed by atoms with E-state index in [1.807, 2.05) is 0 Å². The Kier molecular flexibility index (Phi) is 3.33. The van der Waals surface area contributed by atoms with Crippen LogP contribution in [0.1, 0.15) is 11.1 Å². The molecule has 0 spiro atoms. The van der Waals surface area contributed by atoms with E-state index in [4.69, 9.17) is 13.6 Å². The SMILES string of the molecule is O=c1oc2cc(O)ccc2c(O)c1C1=CCOc2oc3ccccc3c(=O)c21. The Morgan fingerprint density at radius 1 is 0.857 bits per heavy atom. The van der Waals surface area contributed by atoms with Gasteiger partial charge in [0.15, 0.2) is 0 Å². The van der Waals surface area contributed by atoms with Gasteiger partial charge in [-0.2, -0.15) is 0 Å². The number of fused-ring (bicyclic) bond motifs is 3. The van der Waals surface area contributed by atoms with Crippen LogP contribution in [0.5, 0.6) is 17.4 Å². The minimum Gasteiger partial charge on any atom is -0.508 e. The number of hydrogen-bond acceptors (Lipinski definition) is 7. The molecule has 0 amide bonds. The van der Waals surface area contributed by atoms with Crippen molar-refractivity contribution in [2.75, 3.05) is 6.61 Å².